The molecule has 2 rings (SSSR count). The van der Waals surface area contributed by atoms with Crippen LogP contribution in [-0.4, -0.2) is 50.0 Å². The van der Waals surface area contributed by atoms with E-state index in [1.165, 1.54) is 6.07 Å². The molecule has 0 radical (unpaired) electrons. The number of hydrogen-bond acceptors (Lipinski definition) is 5. The van der Waals surface area contributed by atoms with E-state index in [9.17, 15) is 22.4 Å². The van der Waals surface area contributed by atoms with Crippen molar-refractivity contribution in [2.24, 2.45) is 5.92 Å². The van der Waals surface area contributed by atoms with Gasteiger partial charge in [-0.25, -0.2) is 17.6 Å². The SMILES string of the molecule is COC(=O)c1c(F)cccc1S(=O)(=O)N1CCC(C(=O)O)CC1. The van der Waals surface area contributed by atoms with Crippen molar-refractivity contribution < 1.29 is 32.2 Å². The number of carboxylic acid groups (broad SMARTS) is 1. The summed E-state index contributed by atoms with van der Waals surface area (Å²) in [6.07, 6.45) is 0.328. The van der Waals surface area contributed by atoms with Gasteiger partial charge in [0.2, 0.25) is 10.0 Å². The van der Waals surface area contributed by atoms with Crippen LogP contribution in [0.25, 0.3) is 0 Å². The Bertz CT molecular complexity index is 725. The Morgan fingerprint density at radius 1 is 1.30 bits per heavy atom. The summed E-state index contributed by atoms with van der Waals surface area (Å²) in [4.78, 5) is 22.2. The Hall–Kier alpha value is -2.00. The van der Waals surface area contributed by atoms with Gasteiger partial charge in [-0.05, 0) is 25.0 Å². The highest BCUT2D eigenvalue weighted by Crippen LogP contribution is 2.27. The Morgan fingerprint density at radius 2 is 1.91 bits per heavy atom. The van der Waals surface area contributed by atoms with Crippen molar-refractivity contribution in [3.05, 3.63) is 29.6 Å². The lowest BCUT2D eigenvalue weighted by molar-refractivity contribution is -0.142. The van der Waals surface area contributed by atoms with E-state index in [4.69, 9.17) is 5.11 Å². The maximum Gasteiger partial charge on any atom is 0.342 e. The van der Waals surface area contributed by atoms with Crippen molar-refractivity contribution in [3.8, 4) is 0 Å². The van der Waals surface area contributed by atoms with Crippen molar-refractivity contribution in [3.63, 3.8) is 0 Å². The summed E-state index contributed by atoms with van der Waals surface area (Å²) in [6.45, 7) is -0.00709. The molecule has 0 amide bonds. The molecule has 1 aliphatic heterocycles. The Balaban J connectivity index is 2.36. The van der Waals surface area contributed by atoms with E-state index in [1.807, 2.05) is 0 Å². The van der Waals surface area contributed by atoms with Gasteiger partial charge in [-0.3, -0.25) is 4.79 Å². The first-order chi connectivity index (χ1) is 10.8. The van der Waals surface area contributed by atoms with E-state index >= 15 is 0 Å². The largest absolute Gasteiger partial charge is 0.481 e. The Labute approximate surface area is 132 Å². The summed E-state index contributed by atoms with van der Waals surface area (Å²) in [6, 6.07) is 3.30. The van der Waals surface area contributed by atoms with Crippen LogP contribution in [0.4, 0.5) is 4.39 Å². The van der Waals surface area contributed by atoms with Crippen LogP contribution in [0.15, 0.2) is 23.1 Å². The summed E-state index contributed by atoms with van der Waals surface area (Å²) >= 11 is 0. The zero-order valence-electron chi connectivity index (χ0n) is 12.4. The van der Waals surface area contributed by atoms with E-state index in [-0.39, 0.29) is 25.9 Å². The van der Waals surface area contributed by atoms with Crippen molar-refractivity contribution >= 4 is 22.0 Å². The van der Waals surface area contributed by atoms with Crippen LogP contribution in [-0.2, 0) is 19.6 Å². The molecule has 9 heteroatoms. The number of carboxylic acids is 1. The highest BCUT2D eigenvalue weighted by molar-refractivity contribution is 7.89. The molecule has 1 aromatic carbocycles. The van der Waals surface area contributed by atoms with Gasteiger partial charge in [-0.15, -0.1) is 0 Å². The van der Waals surface area contributed by atoms with Crippen LogP contribution in [0.3, 0.4) is 0 Å². The minimum absolute atomic E-state index is 0.00355. The maximum atomic E-state index is 13.9. The molecule has 1 aromatic rings. The second kappa shape index (κ2) is 6.63. The van der Waals surface area contributed by atoms with Gasteiger partial charge < -0.3 is 9.84 Å². The molecule has 0 unspecified atom stereocenters. The number of rotatable bonds is 4. The third kappa shape index (κ3) is 3.35. The van der Waals surface area contributed by atoms with E-state index < -0.39 is 44.2 Å². The number of hydrogen-bond donors (Lipinski definition) is 1. The number of carbonyl (C=O) groups is 2. The molecule has 1 N–H and O–H groups in total. The van der Waals surface area contributed by atoms with Gasteiger partial charge in [0.1, 0.15) is 11.4 Å². The fraction of sp³-hybridized carbons (Fsp3) is 0.429. The lowest BCUT2D eigenvalue weighted by atomic mass is 9.99. The van der Waals surface area contributed by atoms with Crippen molar-refractivity contribution in [1.82, 2.24) is 4.31 Å². The minimum Gasteiger partial charge on any atom is -0.481 e. The molecule has 126 valence electrons. The second-order valence-corrected chi connectivity index (χ2v) is 7.03. The van der Waals surface area contributed by atoms with Gasteiger partial charge in [-0.1, -0.05) is 6.07 Å². The molecule has 1 saturated heterocycles. The average Bonchev–Trinajstić information content (AvgIpc) is 2.54. The predicted molar refractivity (Wildman–Crippen MR) is 76.9 cm³/mol. The number of benzene rings is 1. The Morgan fingerprint density at radius 3 is 2.43 bits per heavy atom. The first kappa shape index (κ1) is 17.4. The molecule has 23 heavy (non-hydrogen) atoms. The third-order valence-corrected chi connectivity index (χ3v) is 5.73. The summed E-state index contributed by atoms with van der Waals surface area (Å²) in [7, 11) is -3.09. The van der Waals surface area contributed by atoms with E-state index in [0.717, 1.165) is 23.5 Å². The molecule has 0 aromatic heterocycles. The molecule has 1 aliphatic rings. The fourth-order valence-corrected chi connectivity index (χ4v) is 4.16. The van der Waals surface area contributed by atoms with Crippen LogP contribution in [0.5, 0.6) is 0 Å². The summed E-state index contributed by atoms with van der Waals surface area (Å²) in [5, 5.41) is 8.95. The molecule has 0 bridgehead atoms. The summed E-state index contributed by atoms with van der Waals surface area (Å²) < 4.78 is 44.7. The summed E-state index contributed by atoms with van der Waals surface area (Å²) in [5.74, 6) is -3.64. The molecule has 0 atom stereocenters. The monoisotopic (exact) mass is 345 g/mol. The number of esters is 1. The molecular weight excluding hydrogens is 329 g/mol. The number of piperidine rings is 1. The molecule has 0 saturated carbocycles. The number of ether oxygens (including phenoxy) is 1. The molecule has 7 nitrogen and oxygen atoms in total. The molecule has 1 fully saturated rings. The third-order valence-electron chi connectivity index (χ3n) is 3.79. The first-order valence-electron chi connectivity index (χ1n) is 6.88. The van der Waals surface area contributed by atoms with Gasteiger partial charge in [0.25, 0.3) is 0 Å². The van der Waals surface area contributed by atoms with Gasteiger partial charge in [0.15, 0.2) is 0 Å². The van der Waals surface area contributed by atoms with Crippen molar-refractivity contribution in [1.29, 1.82) is 0 Å². The van der Waals surface area contributed by atoms with Crippen LogP contribution in [0.1, 0.15) is 23.2 Å². The van der Waals surface area contributed by atoms with Crippen molar-refractivity contribution in [2.75, 3.05) is 20.2 Å². The molecule has 0 aliphatic carbocycles. The standard InChI is InChI=1S/C14H16FNO6S/c1-22-14(19)12-10(15)3-2-4-11(12)23(20,21)16-7-5-9(6-8-16)13(17)18/h2-4,9H,5-8H2,1H3,(H,17,18). The average molecular weight is 345 g/mol. The number of sulfonamides is 1. The van der Waals surface area contributed by atoms with E-state index in [1.54, 1.807) is 0 Å². The molecular formula is C14H16FNO6S. The number of methoxy groups -OCH3 is 1. The Kier molecular flexibility index (Phi) is 5.00. The van der Waals surface area contributed by atoms with Gasteiger partial charge in [0.05, 0.1) is 17.9 Å². The number of halogens is 1. The first-order valence-corrected chi connectivity index (χ1v) is 8.32. The predicted octanol–water partition coefficient (Wildman–Crippen LogP) is 1.10. The van der Waals surface area contributed by atoms with Crippen LogP contribution in [0.2, 0.25) is 0 Å². The van der Waals surface area contributed by atoms with Gasteiger partial charge >= 0.3 is 11.9 Å². The molecule has 1 heterocycles. The topological polar surface area (TPSA) is 101 Å². The highest BCUT2D eigenvalue weighted by atomic mass is 32.2. The normalized spacial score (nSPS) is 17.0. The quantitative estimate of drug-likeness (QED) is 0.820. The smallest absolute Gasteiger partial charge is 0.342 e. The summed E-state index contributed by atoms with van der Waals surface area (Å²) in [5.41, 5.74) is -0.643. The van der Waals surface area contributed by atoms with Crippen LogP contribution < -0.4 is 0 Å². The van der Waals surface area contributed by atoms with E-state index in [2.05, 4.69) is 4.74 Å². The fourth-order valence-electron chi connectivity index (χ4n) is 2.50. The zero-order valence-corrected chi connectivity index (χ0v) is 13.2. The van der Waals surface area contributed by atoms with E-state index in [0.29, 0.717) is 0 Å². The molecule has 0 spiro atoms. The van der Waals surface area contributed by atoms with Crippen LogP contribution >= 0.6 is 0 Å². The van der Waals surface area contributed by atoms with Gasteiger partial charge in [-0.2, -0.15) is 4.31 Å². The highest BCUT2D eigenvalue weighted by Gasteiger charge is 2.35. The van der Waals surface area contributed by atoms with Gasteiger partial charge in [0, 0.05) is 13.1 Å². The maximum absolute atomic E-state index is 13.9. The second-order valence-electron chi connectivity index (χ2n) is 5.12. The lowest BCUT2D eigenvalue weighted by Crippen LogP contribution is -2.40. The number of aliphatic carboxylic acids is 1. The van der Waals surface area contributed by atoms with Crippen LogP contribution in [0, 0.1) is 11.7 Å². The number of nitrogens with zero attached hydrogens (tertiary/aromatic N) is 1. The zero-order chi connectivity index (χ0) is 17.2. The minimum atomic E-state index is -4.12. The van der Waals surface area contributed by atoms with Crippen molar-refractivity contribution in [2.45, 2.75) is 17.7 Å². The lowest BCUT2D eigenvalue weighted by Gasteiger charge is -2.29. The number of carbonyl (C=O) groups excluding carboxylic acids is 1.